The molecule has 1 aliphatic heterocycles. The van der Waals surface area contributed by atoms with Crippen LogP contribution in [-0.4, -0.2) is 28.4 Å². The lowest BCUT2D eigenvalue weighted by atomic mass is 9.67. The molecule has 16 heavy (non-hydrogen) atoms. The van der Waals surface area contributed by atoms with E-state index in [1.807, 2.05) is 4.90 Å². The van der Waals surface area contributed by atoms with Crippen molar-refractivity contribution in [1.82, 2.24) is 4.90 Å². The molecule has 3 nitrogen and oxygen atoms in total. The van der Waals surface area contributed by atoms with Crippen molar-refractivity contribution in [3.8, 4) is 0 Å². The highest BCUT2D eigenvalue weighted by atomic mass is 32.1. The number of nitrogens with zero attached hydrogens (tertiary/aromatic N) is 1. The van der Waals surface area contributed by atoms with Crippen LogP contribution in [0.5, 0.6) is 0 Å². The fourth-order valence-corrected chi connectivity index (χ4v) is 3.19. The van der Waals surface area contributed by atoms with Crippen LogP contribution < -0.4 is 5.73 Å². The minimum Gasteiger partial charge on any atom is -0.392 e. The number of hydrogen-bond donors (Lipinski definition) is 1. The number of hydrogen-bond acceptors (Lipinski definition) is 2. The zero-order valence-corrected chi connectivity index (χ0v) is 10.7. The molecule has 2 rings (SSSR count). The van der Waals surface area contributed by atoms with Gasteiger partial charge in [-0.3, -0.25) is 4.79 Å². The second kappa shape index (κ2) is 4.32. The van der Waals surface area contributed by atoms with E-state index in [0.29, 0.717) is 11.0 Å². The fourth-order valence-electron chi connectivity index (χ4n) is 2.90. The molecular weight excluding hydrogens is 220 g/mol. The van der Waals surface area contributed by atoms with Crippen LogP contribution in [-0.2, 0) is 4.79 Å². The Hall–Kier alpha value is -0.640. The summed E-state index contributed by atoms with van der Waals surface area (Å²) in [5.41, 5.74) is 5.29. The van der Waals surface area contributed by atoms with Gasteiger partial charge in [0.05, 0.1) is 10.4 Å². The third kappa shape index (κ3) is 1.63. The highest BCUT2D eigenvalue weighted by Gasteiger charge is 2.50. The summed E-state index contributed by atoms with van der Waals surface area (Å²) < 4.78 is 0. The molecule has 2 aliphatic rings. The molecule has 1 aliphatic carbocycles. The predicted molar refractivity (Wildman–Crippen MR) is 68.1 cm³/mol. The Morgan fingerprint density at radius 2 is 2.19 bits per heavy atom. The van der Waals surface area contributed by atoms with Gasteiger partial charge in [-0.05, 0) is 32.1 Å². The lowest BCUT2D eigenvalue weighted by Crippen LogP contribution is -2.55. The van der Waals surface area contributed by atoms with Crippen molar-refractivity contribution in [3.05, 3.63) is 0 Å². The van der Waals surface area contributed by atoms with Gasteiger partial charge in [0, 0.05) is 12.6 Å². The van der Waals surface area contributed by atoms with Crippen LogP contribution in [0.3, 0.4) is 0 Å². The summed E-state index contributed by atoms with van der Waals surface area (Å²) in [5, 5.41) is 0. The lowest BCUT2D eigenvalue weighted by Gasteiger charge is -2.43. The molecule has 2 N–H and O–H groups in total. The molecule has 1 unspecified atom stereocenters. The van der Waals surface area contributed by atoms with Crippen molar-refractivity contribution in [1.29, 1.82) is 0 Å². The Kier molecular flexibility index (Phi) is 3.19. The Morgan fingerprint density at radius 1 is 1.50 bits per heavy atom. The molecule has 0 bridgehead atoms. The van der Waals surface area contributed by atoms with E-state index in [0.717, 1.165) is 45.1 Å². The summed E-state index contributed by atoms with van der Waals surface area (Å²) in [6, 6.07) is 0.416. The summed E-state index contributed by atoms with van der Waals surface area (Å²) in [6.07, 6.45) is 6.09. The maximum atomic E-state index is 12.5. The van der Waals surface area contributed by atoms with Crippen LogP contribution in [0.25, 0.3) is 0 Å². The number of rotatable bonds is 3. The molecule has 90 valence electrons. The first-order chi connectivity index (χ1) is 7.62. The molecule has 2 fully saturated rings. The first-order valence-electron chi connectivity index (χ1n) is 6.23. The molecule has 0 radical (unpaired) electrons. The van der Waals surface area contributed by atoms with E-state index in [1.54, 1.807) is 0 Å². The van der Waals surface area contributed by atoms with Gasteiger partial charge >= 0.3 is 0 Å². The summed E-state index contributed by atoms with van der Waals surface area (Å²) in [6.45, 7) is 3.03. The normalized spacial score (nSPS) is 27.6. The second-order valence-electron chi connectivity index (χ2n) is 5.00. The highest BCUT2D eigenvalue weighted by molar-refractivity contribution is 7.80. The Balaban J connectivity index is 2.14. The monoisotopic (exact) mass is 240 g/mol. The zero-order valence-electron chi connectivity index (χ0n) is 9.87. The number of carbonyl (C=O) groups excluding carboxylic acids is 1. The summed E-state index contributed by atoms with van der Waals surface area (Å²) in [4.78, 5) is 15.0. The van der Waals surface area contributed by atoms with Gasteiger partial charge in [-0.1, -0.05) is 25.6 Å². The minimum atomic E-state index is -0.479. The van der Waals surface area contributed by atoms with Crippen molar-refractivity contribution >= 4 is 23.1 Å². The van der Waals surface area contributed by atoms with E-state index in [9.17, 15) is 4.79 Å². The smallest absolute Gasteiger partial charge is 0.235 e. The summed E-state index contributed by atoms with van der Waals surface area (Å²) >= 11 is 5.10. The van der Waals surface area contributed by atoms with Crippen LogP contribution in [0.15, 0.2) is 0 Å². The molecule has 1 saturated carbocycles. The van der Waals surface area contributed by atoms with E-state index < -0.39 is 5.41 Å². The third-order valence-corrected chi connectivity index (χ3v) is 4.59. The Labute approximate surface area is 102 Å². The minimum absolute atomic E-state index is 0.204. The van der Waals surface area contributed by atoms with Crippen molar-refractivity contribution in [3.63, 3.8) is 0 Å². The van der Waals surface area contributed by atoms with Gasteiger partial charge in [0.1, 0.15) is 0 Å². The van der Waals surface area contributed by atoms with Crippen LogP contribution in [0.1, 0.15) is 45.4 Å². The van der Waals surface area contributed by atoms with Gasteiger partial charge < -0.3 is 10.6 Å². The van der Waals surface area contributed by atoms with Crippen LogP contribution in [0, 0.1) is 5.41 Å². The molecule has 1 amide bonds. The van der Waals surface area contributed by atoms with Crippen molar-refractivity contribution in [2.75, 3.05) is 6.54 Å². The average molecular weight is 240 g/mol. The molecule has 0 aromatic carbocycles. The molecular formula is C12H20N2OS. The number of likely N-dealkylation sites (tertiary alicyclic amines) is 1. The molecule has 0 aromatic rings. The number of nitrogens with two attached hydrogens (primary N) is 1. The molecule has 4 heteroatoms. The first-order valence-corrected chi connectivity index (χ1v) is 6.63. The maximum absolute atomic E-state index is 12.5. The number of carbonyl (C=O) groups is 1. The number of thiocarbonyl (C=S) groups is 1. The maximum Gasteiger partial charge on any atom is 0.235 e. The van der Waals surface area contributed by atoms with Gasteiger partial charge in [-0.25, -0.2) is 0 Å². The fraction of sp³-hybridized carbons (Fsp3) is 0.833. The van der Waals surface area contributed by atoms with E-state index in [1.165, 1.54) is 0 Å². The molecule has 1 saturated heterocycles. The second-order valence-corrected chi connectivity index (χ2v) is 5.44. The highest BCUT2D eigenvalue weighted by Crippen LogP contribution is 2.44. The van der Waals surface area contributed by atoms with Crippen molar-refractivity contribution in [2.45, 2.75) is 51.5 Å². The standard InChI is InChI=1S/C12H20N2OS/c1-2-9-5-3-8-14(9)11(15)12(10(13)16)6-4-7-12/h9H,2-8H2,1H3,(H2,13,16). The van der Waals surface area contributed by atoms with E-state index in [2.05, 4.69) is 6.92 Å². The van der Waals surface area contributed by atoms with E-state index >= 15 is 0 Å². The zero-order chi connectivity index (χ0) is 11.8. The molecule has 0 spiro atoms. The molecule has 1 heterocycles. The van der Waals surface area contributed by atoms with E-state index in [-0.39, 0.29) is 5.91 Å². The quantitative estimate of drug-likeness (QED) is 0.766. The lowest BCUT2D eigenvalue weighted by molar-refractivity contribution is -0.142. The van der Waals surface area contributed by atoms with Gasteiger partial charge in [0.2, 0.25) is 5.91 Å². The van der Waals surface area contributed by atoms with Gasteiger partial charge in [0.25, 0.3) is 0 Å². The van der Waals surface area contributed by atoms with Crippen molar-refractivity contribution < 1.29 is 4.79 Å². The summed E-state index contributed by atoms with van der Waals surface area (Å²) in [5.74, 6) is 0.204. The van der Waals surface area contributed by atoms with Crippen LogP contribution in [0.4, 0.5) is 0 Å². The molecule has 0 aromatic heterocycles. The topological polar surface area (TPSA) is 46.3 Å². The van der Waals surface area contributed by atoms with Gasteiger partial charge in [0.15, 0.2) is 0 Å². The van der Waals surface area contributed by atoms with Gasteiger partial charge in [-0.15, -0.1) is 0 Å². The SMILES string of the molecule is CCC1CCCN1C(=O)C1(C(N)=S)CCC1. The van der Waals surface area contributed by atoms with Crippen molar-refractivity contribution in [2.24, 2.45) is 11.1 Å². The number of amides is 1. The first kappa shape index (κ1) is 11.8. The third-order valence-electron chi connectivity index (χ3n) is 4.20. The van der Waals surface area contributed by atoms with E-state index in [4.69, 9.17) is 18.0 Å². The van der Waals surface area contributed by atoms with Gasteiger partial charge in [-0.2, -0.15) is 0 Å². The average Bonchev–Trinajstić information content (AvgIpc) is 2.62. The molecule has 1 atom stereocenters. The van der Waals surface area contributed by atoms with Crippen LogP contribution >= 0.6 is 12.2 Å². The largest absolute Gasteiger partial charge is 0.392 e. The predicted octanol–water partition coefficient (Wildman–Crippen LogP) is 1.84. The van der Waals surface area contributed by atoms with Crippen LogP contribution in [0.2, 0.25) is 0 Å². The Morgan fingerprint density at radius 3 is 2.62 bits per heavy atom. The summed E-state index contributed by atoms with van der Waals surface area (Å²) in [7, 11) is 0. The Bertz CT molecular complexity index is 312.